The van der Waals surface area contributed by atoms with Crippen LogP contribution in [0.3, 0.4) is 0 Å². The van der Waals surface area contributed by atoms with E-state index < -0.39 is 0 Å². The molecule has 0 aliphatic carbocycles. The molecule has 2 rings (SSSR count). The molecule has 2 nitrogen and oxygen atoms in total. The fourth-order valence-electron chi connectivity index (χ4n) is 1.83. The molecule has 2 heteroatoms. The summed E-state index contributed by atoms with van der Waals surface area (Å²) in [5.41, 5.74) is 3.49. The zero-order chi connectivity index (χ0) is 12.8. The fraction of sp³-hybridized carbons (Fsp3) is 0.467. The van der Waals surface area contributed by atoms with Gasteiger partial charge in [0.05, 0.1) is 6.61 Å². The predicted octanol–water partition coefficient (Wildman–Crippen LogP) is 3.65. The van der Waals surface area contributed by atoms with E-state index in [9.17, 15) is 0 Å². The fourth-order valence-corrected chi connectivity index (χ4v) is 1.83. The van der Waals surface area contributed by atoms with Crippen LogP contribution < -0.4 is 0 Å². The summed E-state index contributed by atoms with van der Waals surface area (Å²) in [6.45, 7) is 6.50. The predicted molar refractivity (Wildman–Crippen MR) is 74.2 cm³/mol. The zero-order valence-corrected chi connectivity index (χ0v) is 11.3. The number of aryl methyl sites for hydroxylation is 2. The number of hydrogen-bond donors (Lipinski definition) is 1. The first kappa shape index (κ1) is 13.8. The lowest BCUT2D eigenvalue weighted by Gasteiger charge is -2.00. The Bertz CT molecular complexity index is 471. The minimum Gasteiger partial charge on any atom is -0.390 e. The maximum atomic E-state index is 9.13. The van der Waals surface area contributed by atoms with Crippen LogP contribution in [0.15, 0.2) is 24.3 Å². The Hall–Kier alpha value is -1.28. The van der Waals surface area contributed by atoms with Crippen molar-refractivity contribution in [3.8, 4) is 0 Å². The smallest absolute Gasteiger partial charge is 0.0833 e. The molecular weight excluding hydrogens is 210 g/mol. The van der Waals surface area contributed by atoms with E-state index in [2.05, 4.69) is 45.0 Å². The van der Waals surface area contributed by atoms with E-state index in [1.165, 1.54) is 22.9 Å². The van der Waals surface area contributed by atoms with Crippen molar-refractivity contribution in [2.24, 2.45) is 7.05 Å². The van der Waals surface area contributed by atoms with E-state index in [0.29, 0.717) is 0 Å². The van der Waals surface area contributed by atoms with Crippen molar-refractivity contribution in [2.75, 3.05) is 0 Å². The molecule has 0 spiro atoms. The highest BCUT2D eigenvalue weighted by Crippen LogP contribution is 2.20. The minimum atomic E-state index is 0.104. The first-order valence-corrected chi connectivity index (χ1v) is 6.35. The molecule has 0 aliphatic rings. The van der Waals surface area contributed by atoms with Crippen LogP contribution in [-0.2, 0) is 20.1 Å². The zero-order valence-electron chi connectivity index (χ0n) is 11.3. The third-order valence-electron chi connectivity index (χ3n) is 2.78. The summed E-state index contributed by atoms with van der Waals surface area (Å²) in [4.78, 5) is 0. The van der Waals surface area contributed by atoms with Gasteiger partial charge in [0.2, 0.25) is 0 Å². The number of aliphatic hydroxyl groups is 1. The molecule has 0 fully saturated rings. The van der Waals surface area contributed by atoms with Crippen LogP contribution >= 0.6 is 0 Å². The van der Waals surface area contributed by atoms with Gasteiger partial charge >= 0.3 is 0 Å². The molecule has 0 radical (unpaired) electrons. The van der Waals surface area contributed by atoms with E-state index in [0.717, 1.165) is 12.1 Å². The van der Waals surface area contributed by atoms with Crippen LogP contribution in [0.25, 0.3) is 10.9 Å². The average molecular weight is 233 g/mol. The molecule has 0 aliphatic heterocycles. The van der Waals surface area contributed by atoms with Crippen molar-refractivity contribution < 1.29 is 5.11 Å². The lowest BCUT2D eigenvalue weighted by Crippen LogP contribution is -1.94. The van der Waals surface area contributed by atoms with Crippen molar-refractivity contribution >= 4 is 10.9 Å². The molecule has 0 unspecified atom stereocenters. The molecule has 1 aromatic heterocycles. The molecule has 1 heterocycles. The Morgan fingerprint density at radius 1 is 1.12 bits per heavy atom. The highest BCUT2D eigenvalue weighted by Gasteiger charge is 2.04. The second-order valence-electron chi connectivity index (χ2n) is 4.31. The molecule has 0 atom stereocenters. The normalized spacial score (nSPS) is 10.2. The lowest BCUT2D eigenvalue weighted by atomic mass is 10.1. The van der Waals surface area contributed by atoms with Crippen LogP contribution in [0.1, 0.15) is 38.4 Å². The lowest BCUT2D eigenvalue weighted by molar-refractivity contribution is 0.273. The van der Waals surface area contributed by atoms with Gasteiger partial charge in [-0.2, -0.15) is 0 Å². The van der Waals surface area contributed by atoms with Gasteiger partial charge in [-0.3, -0.25) is 0 Å². The third kappa shape index (κ3) is 3.10. The molecule has 0 saturated carbocycles. The molecule has 17 heavy (non-hydrogen) atoms. The summed E-state index contributed by atoms with van der Waals surface area (Å²) in [7, 11) is 1.99. The van der Waals surface area contributed by atoms with Gasteiger partial charge in [0.25, 0.3) is 0 Å². The highest BCUT2D eigenvalue weighted by molar-refractivity contribution is 5.82. The molecule has 1 aromatic carbocycles. The molecule has 2 aromatic rings. The monoisotopic (exact) mass is 233 g/mol. The molecule has 94 valence electrons. The van der Waals surface area contributed by atoms with E-state index in [4.69, 9.17) is 5.11 Å². The maximum absolute atomic E-state index is 9.13. The maximum Gasteiger partial charge on any atom is 0.0833 e. The second-order valence-corrected chi connectivity index (χ2v) is 4.31. The quantitative estimate of drug-likeness (QED) is 0.841. The molecule has 1 N–H and O–H groups in total. The summed E-state index contributed by atoms with van der Waals surface area (Å²) in [5, 5.41) is 10.3. The summed E-state index contributed by atoms with van der Waals surface area (Å²) < 4.78 is 2.04. The van der Waals surface area contributed by atoms with Gasteiger partial charge in [0.1, 0.15) is 0 Å². The summed E-state index contributed by atoms with van der Waals surface area (Å²) in [6, 6.07) is 8.50. The average Bonchev–Trinajstić information content (AvgIpc) is 2.66. The summed E-state index contributed by atoms with van der Waals surface area (Å²) >= 11 is 0. The van der Waals surface area contributed by atoms with Gasteiger partial charge in [-0.25, -0.2) is 0 Å². The van der Waals surface area contributed by atoms with Crippen LogP contribution in [0, 0.1) is 0 Å². The van der Waals surface area contributed by atoms with Crippen LogP contribution in [0.5, 0.6) is 0 Å². The van der Waals surface area contributed by atoms with Crippen molar-refractivity contribution in [3.05, 3.63) is 35.5 Å². The molecule has 0 amide bonds. The number of aliphatic hydroxyl groups excluding tert-OH is 1. The van der Waals surface area contributed by atoms with Gasteiger partial charge in [-0.05, 0) is 30.2 Å². The number of hydrogen-bond acceptors (Lipinski definition) is 1. The second kappa shape index (κ2) is 6.45. The van der Waals surface area contributed by atoms with E-state index in [-0.39, 0.29) is 6.61 Å². The van der Waals surface area contributed by atoms with E-state index in [1.54, 1.807) is 0 Å². The van der Waals surface area contributed by atoms with Crippen LogP contribution in [0.4, 0.5) is 0 Å². The Kier molecular flexibility index (Phi) is 5.23. The van der Waals surface area contributed by atoms with Gasteiger partial charge in [0, 0.05) is 23.6 Å². The van der Waals surface area contributed by atoms with Crippen molar-refractivity contribution in [2.45, 2.75) is 40.2 Å². The Labute approximate surface area is 104 Å². The Morgan fingerprint density at radius 3 is 2.29 bits per heavy atom. The first-order chi connectivity index (χ1) is 8.17. The summed E-state index contributed by atoms with van der Waals surface area (Å²) in [6.07, 6.45) is 2.30. The number of nitrogens with zero attached hydrogens (tertiary/aromatic N) is 1. The van der Waals surface area contributed by atoms with Crippen molar-refractivity contribution in [1.29, 1.82) is 0 Å². The molecule has 0 bridgehead atoms. The van der Waals surface area contributed by atoms with Crippen LogP contribution in [0.2, 0.25) is 0 Å². The Balaban J connectivity index is 0.000000437. The van der Waals surface area contributed by atoms with E-state index in [1.807, 2.05) is 11.6 Å². The number of fused-ring (bicyclic) bond motifs is 1. The summed E-state index contributed by atoms with van der Waals surface area (Å²) in [5.74, 6) is 0. The van der Waals surface area contributed by atoms with Crippen molar-refractivity contribution in [1.82, 2.24) is 4.57 Å². The van der Waals surface area contributed by atoms with E-state index >= 15 is 0 Å². The van der Waals surface area contributed by atoms with Gasteiger partial charge < -0.3 is 9.67 Å². The van der Waals surface area contributed by atoms with Crippen LogP contribution in [-0.4, -0.2) is 9.67 Å². The molecular formula is C15H23NO. The number of rotatable bonds is 2. The topological polar surface area (TPSA) is 25.2 Å². The number of benzene rings is 1. The van der Waals surface area contributed by atoms with Gasteiger partial charge in [-0.1, -0.05) is 33.3 Å². The Morgan fingerprint density at radius 2 is 1.76 bits per heavy atom. The molecule has 0 saturated heterocycles. The third-order valence-corrected chi connectivity index (χ3v) is 2.78. The largest absolute Gasteiger partial charge is 0.390 e. The van der Waals surface area contributed by atoms with Crippen molar-refractivity contribution in [3.63, 3.8) is 0 Å². The van der Waals surface area contributed by atoms with Gasteiger partial charge in [-0.15, -0.1) is 0 Å². The number of aromatic nitrogens is 1. The first-order valence-electron chi connectivity index (χ1n) is 6.35. The SMILES string of the molecule is CCC.CCc1ccc2c(c1)cc(CO)n2C. The highest BCUT2D eigenvalue weighted by atomic mass is 16.3. The standard InChI is InChI=1S/C12H15NO.C3H8/c1-3-9-4-5-12-10(6-9)7-11(8-14)13(12)2;1-3-2/h4-7,14H,3,8H2,1-2H3;3H2,1-2H3. The minimum absolute atomic E-state index is 0.104. The van der Waals surface area contributed by atoms with Gasteiger partial charge in [0.15, 0.2) is 0 Å².